The number of nitrogens with zero attached hydrogens (tertiary/aromatic N) is 1. The van der Waals surface area contributed by atoms with Crippen molar-refractivity contribution in [1.29, 1.82) is 0 Å². The molecule has 23 heavy (non-hydrogen) atoms. The summed E-state index contributed by atoms with van der Waals surface area (Å²) in [7, 11) is 3.59. The Kier molecular flexibility index (Phi) is 3.13. The van der Waals surface area contributed by atoms with Gasteiger partial charge in [0, 0.05) is 29.8 Å². The summed E-state index contributed by atoms with van der Waals surface area (Å²) in [6.07, 6.45) is 1.65. The highest BCUT2D eigenvalue weighted by atomic mass is 16.5. The van der Waals surface area contributed by atoms with Crippen molar-refractivity contribution in [1.82, 2.24) is 4.90 Å². The molecule has 2 N–H and O–H groups in total. The zero-order valence-corrected chi connectivity index (χ0v) is 13.2. The SMILES string of the molecule is COc1cc2c(cc1O)C[C@@H]1c3c(ccc(O)c3O2)CCN1C. The van der Waals surface area contributed by atoms with E-state index in [0.29, 0.717) is 23.7 Å². The second kappa shape index (κ2) is 5.06. The van der Waals surface area contributed by atoms with Gasteiger partial charge in [-0.1, -0.05) is 6.07 Å². The van der Waals surface area contributed by atoms with Gasteiger partial charge < -0.3 is 19.7 Å². The molecule has 2 aliphatic heterocycles. The van der Waals surface area contributed by atoms with E-state index in [1.165, 1.54) is 12.7 Å². The van der Waals surface area contributed by atoms with Crippen LogP contribution in [0.2, 0.25) is 0 Å². The maximum Gasteiger partial charge on any atom is 0.174 e. The second-order valence-electron chi connectivity index (χ2n) is 6.17. The monoisotopic (exact) mass is 313 g/mol. The molecule has 120 valence electrons. The average Bonchev–Trinajstić information content (AvgIpc) is 2.70. The molecular weight excluding hydrogens is 294 g/mol. The quantitative estimate of drug-likeness (QED) is 0.847. The van der Waals surface area contributed by atoms with Crippen molar-refractivity contribution in [3.05, 3.63) is 41.0 Å². The topological polar surface area (TPSA) is 62.2 Å². The van der Waals surface area contributed by atoms with Crippen molar-refractivity contribution in [3.8, 4) is 28.7 Å². The van der Waals surface area contributed by atoms with Gasteiger partial charge in [-0.3, -0.25) is 4.90 Å². The first-order chi connectivity index (χ1) is 11.1. The highest BCUT2D eigenvalue weighted by Gasteiger charge is 2.34. The molecule has 1 atom stereocenters. The third-order valence-electron chi connectivity index (χ3n) is 4.85. The van der Waals surface area contributed by atoms with Crippen LogP contribution >= 0.6 is 0 Å². The summed E-state index contributed by atoms with van der Waals surface area (Å²) >= 11 is 0. The summed E-state index contributed by atoms with van der Waals surface area (Å²) in [5, 5.41) is 20.4. The lowest BCUT2D eigenvalue weighted by Crippen LogP contribution is -2.33. The van der Waals surface area contributed by atoms with E-state index >= 15 is 0 Å². The first-order valence-electron chi connectivity index (χ1n) is 7.71. The molecular formula is C18H19NO4. The Morgan fingerprint density at radius 3 is 2.78 bits per heavy atom. The lowest BCUT2D eigenvalue weighted by atomic mass is 9.88. The Hall–Kier alpha value is -2.40. The Morgan fingerprint density at radius 1 is 1.17 bits per heavy atom. The third-order valence-corrected chi connectivity index (χ3v) is 4.85. The van der Waals surface area contributed by atoms with Gasteiger partial charge >= 0.3 is 0 Å². The van der Waals surface area contributed by atoms with Gasteiger partial charge in [0.05, 0.1) is 7.11 Å². The highest BCUT2D eigenvalue weighted by molar-refractivity contribution is 5.59. The minimum atomic E-state index is 0.101. The van der Waals surface area contributed by atoms with Gasteiger partial charge in [0.25, 0.3) is 0 Å². The Labute approximate surface area is 134 Å². The molecule has 2 aromatic rings. The number of ether oxygens (including phenoxy) is 2. The second-order valence-corrected chi connectivity index (χ2v) is 6.17. The number of hydrogen-bond donors (Lipinski definition) is 2. The van der Waals surface area contributed by atoms with E-state index in [0.717, 1.165) is 24.1 Å². The number of phenols is 2. The summed E-state index contributed by atoms with van der Waals surface area (Å²) in [5.74, 6) is 1.74. The zero-order valence-electron chi connectivity index (χ0n) is 13.2. The van der Waals surface area contributed by atoms with Gasteiger partial charge in [-0.05, 0) is 37.6 Å². The number of aromatic hydroxyl groups is 2. The molecule has 0 unspecified atom stereocenters. The molecule has 5 heteroatoms. The van der Waals surface area contributed by atoms with Gasteiger partial charge in [0.15, 0.2) is 23.0 Å². The molecule has 0 aliphatic carbocycles. The molecule has 0 aromatic heterocycles. The Bertz CT molecular complexity index is 787. The van der Waals surface area contributed by atoms with Gasteiger partial charge in [-0.25, -0.2) is 0 Å². The number of rotatable bonds is 1. The molecule has 0 amide bonds. The zero-order chi connectivity index (χ0) is 16.1. The molecule has 0 bridgehead atoms. The summed E-state index contributed by atoms with van der Waals surface area (Å²) in [6, 6.07) is 7.17. The number of fused-ring (bicyclic) bond motifs is 1. The van der Waals surface area contributed by atoms with E-state index < -0.39 is 0 Å². The average molecular weight is 313 g/mol. The van der Waals surface area contributed by atoms with Crippen LogP contribution in [0.1, 0.15) is 22.7 Å². The van der Waals surface area contributed by atoms with E-state index in [-0.39, 0.29) is 17.5 Å². The van der Waals surface area contributed by atoms with Crippen LogP contribution < -0.4 is 9.47 Å². The molecule has 2 aromatic carbocycles. The molecule has 0 fully saturated rings. The number of benzene rings is 2. The molecule has 4 rings (SSSR count). The maximum atomic E-state index is 10.3. The van der Waals surface area contributed by atoms with E-state index in [2.05, 4.69) is 11.9 Å². The summed E-state index contributed by atoms with van der Waals surface area (Å²) < 4.78 is 11.2. The third kappa shape index (κ3) is 2.11. The molecule has 0 saturated carbocycles. The summed E-state index contributed by atoms with van der Waals surface area (Å²) in [4.78, 5) is 2.27. The van der Waals surface area contributed by atoms with E-state index in [9.17, 15) is 10.2 Å². The molecule has 0 spiro atoms. The number of likely N-dealkylation sites (N-methyl/N-ethyl adjacent to an activating group) is 1. The Balaban J connectivity index is 1.94. The van der Waals surface area contributed by atoms with Crippen LogP contribution in [-0.2, 0) is 12.8 Å². The van der Waals surface area contributed by atoms with E-state index in [1.807, 2.05) is 6.07 Å². The lowest BCUT2D eigenvalue weighted by molar-refractivity contribution is 0.228. The fourth-order valence-corrected chi connectivity index (χ4v) is 3.58. The van der Waals surface area contributed by atoms with Gasteiger partial charge in [-0.2, -0.15) is 0 Å². The van der Waals surface area contributed by atoms with Crippen molar-refractivity contribution in [2.75, 3.05) is 20.7 Å². The number of hydrogen-bond acceptors (Lipinski definition) is 5. The lowest BCUT2D eigenvalue weighted by Gasteiger charge is -2.34. The minimum absolute atomic E-state index is 0.101. The van der Waals surface area contributed by atoms with Crippen LogP contribution in [0.15, 0.2) is 24.3 Å². The van der Waals surface area contributed by atoms with E-state index in [4.69, 9.17) is 9.47 Å². The van der Waals surface area contributed by atoms with Crippen molar-refractivity contribution < 1.29 is 19.7 Å². The van der Waals surface area contributed by atoms with Crippen LogP contribution in [0.3, 0.4) is 0 Å². The number of methoxy groups -OCH3 is 1. The predicted octanol–water partition coefficient (Wildman–Crippen LogP) is 2.98. The van der Waals surface area contributed by atoms with Gasteiger partial charge in [-0.15, -0.1) is 0 Å². The summed E-state index contributed by atoms with van der Waals surface area (Å²) in [6.45, 7) is 0.958. The smallest absolute Gasteiger partial charge is 0.174 e. The maximum absolute atomic E-state index is 10.3. The first-order valence-corrected chi connectivity index (χ1v) is 7.71. The van der Waals surface area contributed by atoms with Crippen molar-refractivity contribution in [2.24, 2.45) is 0 Å². The normalized spacial score (nSPS) is 19.3. The fraction of sp³-hybridized carbons (Fsp3) is 0.333. The molecule has 2 aliphatic rings. The van der Waals surface area contributed by atoms with Crippen molar-refractivity contribution in [2.45, 2.75) is 18.9 Å². The molecule has 0 saturated heterocycles. The predicted molar refractivity (Wildman–Crippen MR) is 85.6 cm³/mol. The van der Waals surface area contributed by atoms with Crippen LogP contribution in [-0.4, -0.2) is 35.8 Å². The standard InChI is InChI=1S/C18H19NO4/c1-19-6-5-10-3-4-13(20)18-17(10)12(19)7-11-8-14(21)16(22-2)9-15(11)23-18/h3-4,8-9,12,20-21H,5-7H2,1-2H3/t12-/m1/s1. The molecule has 5 nitrogen and oxygen atoms in total. The van der Waals surface area contributed by atoms with Crippen LogP contribution in [0.25, 0.3) is 0 Å². The molecule has 2 heterocycles. The Morgan fingerprint density at radius 2 is 2.00 bits per heavy atom. The first kappa shape index (κ1) is 14.2. The largest absolute Gasteiger partial charge is 0.504 e. The molecule has 0 radical (unpaired) electrons. The van der Waals surface area contributed by atoms with Crippen LogP contribution in [0.4, 0.5) is 0 Å². The number of phenolic OH excluding ortho intramolecular Hbond substituents is 2. The van der Waals surface area contributed by atoms with Crippen molar-refractivity contribution in [3.63, 3.8) is 0 Å². The van der Waals surface area contributed by atoms with Crippen molar-refractivity contribution >= 4 is 0 Å². The van der Waals surface area contributed by atoms with Gasteiger partial charge in [0.2, 0.25) is 0 Å². The minimum Gasteiger partial charge on any atom is -0.504 e. The fourth-order valence-electron chi connectivity index (χ4n) is 3.58. The summed E-state index contributed by atoms with van der Waals surface area (Å²) in [5.41, 5.74) is 3.17. The van der Waals surface area contributed by atoms with E-state index in [1.54, 1.807) is 18.2 Å². The van der Waals surface area contributed by atoms with Crippen LogP contribution in [0.5, 0.6) is 28.7 Å². The van der Waals surface area contributed by atoms with Gasteiger partial charge in [0.1, 0.15) is 5.75 Å². The highest BCUT2D eigenvalue weighted by Crippen LogP contribution is 2.49. The van der Waals surface area contributed by atoms with Crippen LogP contribution in [0, 0.1) is 0 Å².